The van der Waals surface area contributed by atoms with Gasteiger partial charge in [0.2, 0.25) is 0 Å². The standard InChI is InChI=1S/C15H16INO4S/c1-4-21-11-6-9(5-10(16)13(11)18)7-12-14(19)17(8(2)3)15(20)22-12/h5-8,18H,4H2,1-3H3/b12-7+. The van der Waals surface area contributed by atoms with Crippen molar-refractivity contribution in [3.05, 3.63) is 26.2 Å². The lowest BCUT2D eigenvalue weighted by atomic mass is 10.2. The largest absolute Gasteiger partial charge is 0.504 e. The van der Waals surface area contributed by atoms with Gasteiger partial charge in [-0.3, -0.25) is 14.5 Å². The molecule has 0 bridgehead atoms. The predicted molar refractivity (Wildman–Crippen MR) is 94.9 cm³/mol. The van der Waals surface area contributed by atoms with Gasteiger partial charge in [0, 0.05) is 6.04 Å². The molecule has 1 saturated heterocycles. The summed E-state index contributed by atoms with van der Waals surface area (Å²) >= 11 is 2.92. The molecule has 22 heavy (non-hydrogen) atoms. The van der Waals surface area contributed by atoms with E-state index in [-0.39, 0.29) is 22.9 Å². The lowest BCUT2D eigenvalue weighted by Crippen LogP contribution is -2.34. The summed E-state index contributed by atoms with van der Waals surface area (Å²) in [6.07, 6.45) is 1.65. The highest BCUT2D eigenvalue weighted by Crippen LogP contribution is 2.37. The Kier molecular flexibility index (Phi) is 5.38. The molecule has 5 nitrogen and oxygen atoms in total. The molecule has 1 fully saturated rings. The van der Waals surface area contributed by atoms with Crippen molar-refractivity contribution in [3.8, 4) is 11.5 Å². The SMILES string of the molecule is CCOc1cc(/C=C2/SC(=O)N(C(C)C)C2=O)cc(I)c1O. The van der Waals surface area contributed by atoms with Crippen LogP contribution in [0.5, 0.6) is 11.5 Å². The first kappa shape index (κ1) is 17.1. The van der Waals surface area contributed by atoms with Crippen LogP contribution in [0.2, 0.25) is 0 Å². The highest BCUT2D eigenvalue weighted by molar-refractivity contribution is 14.1. The molecule has 0 saturated carbocycles. The minimum atomic E-state index is -0.286. The van der Waals surface area contributed by atoms with E-state index < -0.39 is 0 Å². The van der Waals surface area contributed by atoms with E-state index in [0.717, 1.165) is 11.8 Å². The molecule has 0 radical (unpaired) electrons. The Hall–Kier alpha value is -1.22. The van der Waals surface area contributed by atoms with Gasteiger partial charge in [0.15, 0.2) is 11.5 Å². The Balaban J connectivity index is 2.38. The Morgan fingerprint density at radius 2 is 2.09 bits per heavy atom. The van der Waals surface area contributed by atoms with Crippen molar-refractivity contribution in [1.29, 1.82) is 0 Å². The molecule has 7 heteroatoms. The summed E-state index contributed by atoms with van der Waals surface area (Å²) in [4.78, 5) is 25.8. The molecular weight excluding hydrogens is 417 g/mol. The first-order chi connectivity index (χ1) is 10.3. The number of carbonyl (C=O) groups is 2. The maximum Gasteiger partial charge on any atom is 0.293 e. The number of phenols is 1. The molecule has 0 atom stereocenters. The number of aromatic hydroxyl groups is 1. The van der Waals surface area contributed by atoms with E-state index in [9.17, 15) is 14.7 Å². The summed E-state index contributed by atoms with van der Waals surface area (Å²) in [5, 5.41) is 9.68. The number of rotatable bonds is 4. The van der Waals surface area contributed by atoms with E-state index in [2.05, 4.69) is 0 Å². The Morgan fingerprint density at radius 1 is 1.41 bits per heavy atom. The fourth-order valence-corrected chi connectivity index (χ4v) is 3.61. The van der Waals surface area contributed by atoms with Crippen LogP contribution < -0.4 is 4.74 Å². The summed E-state index contributed by atoms with van der Waals surface area (Å²) < 4.78 is 6.00. The van der Waals surface area contributed by atoms with Gasteiger partial charge in [-0.15, -0.1) is 0 Å². The van der Waals surface area contributed by atoms with Crippen molar-refractivity contribution in [1.82, 2.24) is 4.90 Å². The maximum atomic E-state index is 12.3. The number of benzene rings is 1. The minimum absolute atomic E-state index is 0.0786. The summed E-state index contributed by atoms with van der Waals surface area (Å²) in [6, 6.07) is 3.23. The first-order valence-electron chi connectivity index (χ1n) is 6.77. The number of imide groups is 1. The van der Waals surface area contributed by atoms with Crippen molar-refractivity contribution in [2.45, 2.75) is 26.8 Å². The van der Waals surface area contributed by atoms with Crippen LogP contribution in [0.1, 0.15) is 26.3 Å². The lowest BCUT2D eigenvalue weighted by molar-refractivity contribution is -0.123. The van der Waals surface area contributed by atoms with Crippen LogP contribution in [0.25, 0.3) is 6.08 Å². The average Bonchev–Trinajstić information content (AvgIpc) is 2.70. The molecule has 1 aromatic carbocycles. The zero-order valence-electron chi connectivity index (χ0n) is 12.4. The fraction of sp³-hybridized carbons (Fsp3) is 0.333. The second kappa shape index (κ2) is 6.91. The molecule has 1 aromatic rings. The molecule has 1 aliphatic heterocycles. The smallest absolute Gasteiger partial charge is 0.293 e. The minimum Gasteiger partial charge on any atom is -0.504 e. The third-order valence-corrected chi connectivity index (χ3v) is 4.69. The van der Waals surface area contributed by atoms with E-state index >= 15 is 0 Å². The van der Waals surface area contributed by atoms with E-state index in [4.69, 9.17) is 4.74 Å². The molecule has 1 heterocycles. The van der Waals surface area contributed by atoms with Gasteiger partial charge in [-0.25, -0.2) is 0 Å². The third-order valence-electron chi connectivity index (χ3n) is 2.99. The van der Waals surface area contributed by atoms with Crippen molar-refractivity contribution >= 4 is 51.6 Å². The van der Waals surface area contributed by atoms with Crippen LogP contribution in [0.15, 0.2) is 17.0 Å². The first-order valence-corrected chi connectivity index (χ1v) is 8.67. The lowest BCUT2D eigenvalue weighted by Gasteiger charge is -2.16. The van der Waals surface area contributed by atoms with Crippen molar-refractivity contribution in [2.75, 3.05) is 6.61 Å². The topological polar surface area (TPSA) is 66.8 Å². The molecule has 0 aliphatic carbocycles. The molecule has 0 unspecified atom stereocenters. The third kappa shape index (κ3) is 3.40. The number of ether oxygens (including phenoxy) is 1. The Morgan fingerprint density at radius 3 is 2.64 bits per heavy atom. The highest BCUT2D eigenvalue weighted by Gasteiger charge is 2.36. The van der Waals surface area contributed by atoms with E-state index in [1.807, 2.05) is 29.5 Å². The van der Waals surface area contributed by atoms with Gasteiger partial charge >= 0.3 is 0 Å². The zero-order chi connectivity index (χ0) is 16.4. The number of halogens is 1. The summed E-state index contributed by atoms with van der Waals surface area (Å²) in [6.45, 7) is 5.86. The Bertz CT molecular complexity index is 657. The second-order valence-corrected chi connectivity index (χ2v) is 7.08. The summed E-state index contributed by atoms with van der Waals surface area (Å²) in [7, 11) is 0. The molecule has 118 valence electrons. The van der Waals surface area contributed by atoms with Gasteiger partial charge in [-0.1, -0.05) is 0 Å². The molecule has 0 aromatic heterocycles. The normalized spacial score (nSPS) is 17.0. The quantitative estimate of drug-likeness (QED) is 0.578. The van der Waals surface area contributed by atoms with Gasteiger partial charge in [0.1, 0.15) is 0 Å². The van der Waals surface area contributed by atoms with Crippen LogP contribution >= 0.6 is 34.4 Å². The fourth-order valence-electron chi connectivity index (χ4n) is 2.02. The summed E-state index contributed by atoms with van der Waals surface area (Å²) in [5.74, 6) is 0.157. The molecule has 0 spiro atoms. The number of carbonyl (C=O) groups excluding carboxylic acids is 2. The van der Waals surface area contributed by atoms with Crippen molar-refractivity contribution < 1.29 is 19.4 Å². The number of nitrogens with zero attached hydrogens (tertiary/aromatic N) is 1. The van der Waals surface area contributed by atoms with Crippen LogP contribution in [0.4, 0.5) is 4.79 Å². The van der Waals surface area contributed by atoms with Crippen LogP contribution in [-0.2, 0) is 4.79 Å². The van der Waals surface area contributed by atoms with Crippen LogP contribution in [-0.4, -0.2) is 33.8 Å². The Labute approximate surface area is 146 Å². The highest BCUT2D eigenvalue weighted by atomic mass is 127. The van der Waals surface area contributed by atoms with E-state index in [1.54, 1.807) is 32.1 Å². The zero-order valence-corrected chi connectivity index (χ0v) is 15.4. The second-order valence-electron chi connectivity index (χ2n) is 4.93. The van der Waals surface area contributed by atoms with Crippen molar-refractivity contribution in [2.24, 2.45) is 0 Å². The average molecular weight is 433 g/mol. The number of amides is 2. The van der Waals surface area contributed by atoms with Crippen LogP contribution in [0, 0.1) is 3.57 Å². The van der Waals surface area contributed by atoms with Gasteiger partial charge in [0.25, 0.3) is 11.1 Å². The number of hydrogen-bond acceptors (Lipinski definition) is 5. The molecule has 2 rings (SSSR count). The van der Waals surface area contributed by atoms with Gasteiger partial charge in [-0.2, -0.15) is 0 Å². The molecule has 1 aliphatic rings. The van der Waals surface area contributed by atoms with Gasteiger partial charge in [0.05, 0.1) is 15.1 Å². The number of hydrogen-bond donors (Lipinski definition) is 1. The molecule has 2 amide bonds. The van der Waals surface area contributed by atoms with E-state index in [0.29, 0.717) is 26.4 Å². The molecule has 1 N–H and O–H groups in total. The van der Waals surface area contributed by atoms with Crippen molar-refractivity contribution in [3.63, 3.8) is 0 Å². The number of phenolic OH excluding ortho intramolecular Hbond substituents is 1. The predicted octanol–water partition coefficient (Wildman–Crippen LogP) is 3.84. The monoisotopic (exact) mass is 433 g/mol. The summed E-state index contributed by atoms with van der Waals surface area (Å²) in [5.41, 5.74) is 0.708. The van der Waals surface area contributed by atoms with Gasteiger partial charge < -0.3 is 9.84 Å². The van der Waals surface area contributed by atoms with E-state index in [1.165, 1.54) is 4.90 Å². The maximum absolute atomic E-state index is 12.3. The van der Waals surface area contributed by atoms with Gasteiger partial charge in [-0.05, 0) is 78.9 Å². The van der Waals surface area contributed by atoms with Crippen LogP contribution in [0.3, 0.4) is 0 Å². The number of thioether (sulfide) groups is 1. The molecular formula is C15H16INO4S.